The van der Waals surface area contributed by atoms with Crippen LogP contribution in [0.4, 0.5) is 22.7 Å². The van der Waals surface area contributed by atoms with Gasteiger partial charge in [-0.1, -0.05) is 0 Å². The van der Waals surface area contributed by atoms with Crippen molar-refractivity contribution in [1.29, 1.82) is 0 Å². The van der Waals surface area contributed by atoms with Crippen molar-refractivity contribution >= 4 is 66.2 Å². The maximum absolute atomic E-state index is 13.2. The Morgan fingerprint density at radius 1 is 0.440 bits per heavy atom. The molecule has 0 heterocycles. The topological polar surface area (TPSA) is 253 Å². The van der Waals surface area contributed by atoms with E-state index < -0.39 is 65.7 Å². The van der Waals surface area contributed by atoms with Crippen LogP contribution in [0.25, 0.3) is 0 Å². The van der Waals surface area contributed by atoms with E-state index in [2.05, 4.69) is 10.6 Å². The number of anilines is 4. The second-order valence-electron chi connectivity index (χ2n) is 10.7. The molecular weight excluding hydrogens is 689 g/mol. The lowest BCUT2D eigenvalue weighted by Gasteiger charge is -2.14. The van der Waals surface area contributed by atoms with Gasteiger partial charge in [0.1, 0.15) is 0 Å². The van der Waals surface area contributed by atoms with E-state index in [1.54, 1.807) is 0 Å². The van der Waals surface area contributed by atoms with Crippen molar-refractivity contribution in [2.45, 2.75) is 19.6 Å². The Labute approximate surface area is 284 Å². The highest BCUT2D eigenvalue weighted by Crippen LogP contribution is 2.26. The molecule has 0 saturated carbocycles. The summed E-state index contributed by atoms with van der Waals surface area (Å²) in [6, 6.07) is 22.4. The Balaban J connectivity index is 1.38. The lowest BCUT2D eigenvalue weighted by atomic mass is 9.96. The fourth-order valence-electron chi connectivity index (χ4n) is 4.73. The molecule has 0 spiro atoms. The summed E-state index contributed by atoms with van der Waals surface area (Å²) in [5, 5.41) is 24.6. The van der Waals surface area contributed by atoms with Crippen LogP contribution in [0.15, 0.2) is 129 Å². The number of hydrogen-bond donors (Lipinski definition) is 6. The van der Waals surface area contributed by atoms with Gasteiger partial charge >= 0.3 is 11.9 Å². The second-order valence-corrected chi connectivity index (χ2v) is 14.6. The number of nitrogens with one attached hydrogen (secondary N) is 2. The fourth-order valence-corrected chi connectivity index (χ4v) is 7.25. The van der Waals surface area contributed by atoms with Crippen LogP contribution < -0.4 is 22.1 Å². The summed E-state index contributed by atoms with van der Waals surface area (Å²) in [6.45, 7) is 0. The highest BCUT2D eigenvalue weighted by molar-refractivity contribution is 7.91. The number of rotatable bonds is 10. The number of nitrogens with two attached hydrogens (primary N) is 2. The predicted molar refractivity (Wildman–Crippen MR) is 182 cm³/mol. The number of carboxylic acids is 2. The zero-order valence-electron chi connectivity index (χ0n) is 25.5. The minimum atomic E-state index is -3.92. The Morgan fingerprint density at radius 3 is 0.960 bits per heavy atom. The van der Waals surface area contributed by atoms with Crippen molar-refractivity contribution in [2.24, 2.45) is 0 Å². The molecule has 0 atom stereocenters. The van der Waals surface area contributed by atoms with E-state index >= 15 is 0 Å². The molecule has 5 aromatic carbocycles. The predicted octanol–water partition coefficient (Wildman–Crippen LogP) is 4.42. The monoisotopic (exact) mass is 714 g/mol. The van der Waals surface area contributed by atoms with Gasteiger partial charge in [-0.25, -0.2) is 26.4 Å². The molecule has 0 bridgehead atoms. The van der Waals surface area contributed by atoms with Crippen LogP contribution in [0.1, 0.15) is 41.4 Å². The molecule has 0 radical (unpaired) electrons. The van der Waals surface area contributed by atoms with Gasteiger partial charge < -0.3 is 32.3 Å². The number of nitrogen functional groups attached to an aromatic ring is 2. The molecule has 0 aliphatic heterocycles. The summed E-state index contributed by atoms with van der Waals surface area (Å²) in [7, 11) is -7.85. The zero-order valence-corrected chi connectivity index (χ0v) is 27.2. The Morgan fingerprint density at radius 2 is 0.700 bits per heavy atom. The van der Waals surface area contributed by atoms with Gasteiger partial charge in [0.25, 0.3) is 11.8 Å². The number of carbonyl (C=O) groups excluding carboxylic acids is 2. The summed E-state index contributed by atoms with van der Waals surface area (Å²) in [5.74, 6) is -5.40. The quantitative estimate of drug-likeness (QED) is 0.110. The second kappa shape index (κ2) is 13.5. The summed E-state index contributed by atoms with van der Waals surface area (Å²) in [5.41, 5.74) is 9.51. The normalized spacial score (nSPS) is 11.4. The first kappa shape index (κ1) is 34.8. The third kappa shape index (κ3) is 7.15. The van der Waals surface area contributed by atoms with Crippen LogP contribution in [0.3, 0.4) is 0 Å². The van der Waals surface area contributed by atoms with Crippen LogP contribution in [-0.4, -0.2) is 50.8 Å². The van der Waals surface area contributed by atoms with Crippen LogP contribution >= 0.6 is 0 Å². The molecule has 254 valence electrons. The van der Waals surface area contributed by atoms with Gasteiger partial charge in [0.15, 0.2) is 0 Å². The molecule has 0 aliphatic rings. The average molecular weight is 715 g/mol. The first-order valence-corrected chi connectivity index (χ1v) is 17.2. The number of benzene rings is 5. The van der Waals surface area contributed by atoms with Gasteiger partial charge in [-0.3, -0.25) is 9.59 Å². The number of hydrogen-bond acceptors (Lipinski definition) is 10. The largest absolute Gasteiger partial charge is 0.478 e. The first-order chi connectivity index (χ1) is 23.6. The maximum Gasteiger partial charge on any atom is 0.336 e. The molecular formula is C34H26N4O10S2. The first-order valence-electron chi connectivity index (χ1n) is 14.3. The van der Waals surface area contributed by atoms with Crippen molar-refractivity contribution in [1.82, 2.24) is 0 Å². The Bertz CT molecular complexity index is 2210. The lowest BCUT2D eigenvalue weighted by Crippen LogP contribution is -2.22. The van der Waals surface area contributed by atoms with Gasteiger partial charge in [-0.15, -0.1) is 0 Å². The van der Waals surface area contributed by atoms with E-state index in [4.69, 9.17) is 11.5 Å². The number of sulfone groups is 2. The van der Waals surface area contributed by atoms with Crippen molar-refractivity contribution in [3.8, 4) is 0 Å². The van der Waals surface area contributed by atoms with Crippen molar-refractivity contribution < 1.29 is 46.2 Å². The summed E-state index contributed by atoms with van der Waals surface area (Å²) in [6.07, 6.45) is 0. The van der Waals surface area contributed by atoms with Crippen LogP contribution in [0.5, 0.6) is 0 Å². The minimum absolute atomic E-state index is 0.0146. The Kier molecular flexibility index (Phi) is 9.42. The Hall–Kier alpha value is -6.52. The molecule has 5 aromatic rings. The van der Waals surface area contributed by atoms with Gasteiger partial charge in [0.05, 0.1) is 41.8 Å². The van der Waals surface area contributed by atoms with Crippen LogP contribution in [-0.2, 0) is 19.7 Å². The van der Waals surface area contributed by atoms with Gasteiger partial charge in [0, 0.05) is 22.7 Å². The third-order valence-corrected chi connectivity index (χ3v) is 10.9. The lowest BCUT2D eigenvalue weighted by molar-refractivity contribution is 0.0677. The molecule has 5 rings (SSSR count). The molecule has 14 nitrogen and oxygen atoms in total. The van der Waals surface area contributed by atoms with E-state index in [1.165, 1.54) is 97.1 Å². The van der Waals surface area contributed by atoms with Gasteiger partial charge in [0.2, 0.25) is 19.7 Å². The zero-order chi connectivity index (χ0) is 36.4. The van der Waals surface area contributed by atoms with Gasteiger partial charge in [-0.05, 0) is 109 Å². The van der Waals surface area contributed by atoms with E-state index in [1.807, 2.05) is 0 Å². The van der Waals surface area contributed by atoms with E-state index in [9.17, 15) is 46.2 Å². The highest BCUT2D eigenvalue weighted by Gasteiger charge is 2.27. The maximum atomic E-state index is 13.2. The molecule has 8 N–H and O–H groups in total. The van der Waals surface area contributed by atoms with Crippen molar-refractivity contribution in [2.75, 3.05) is 22.1 Å². The molecule has 0 saturated heterocycles. The molecule has 0 aromatic heterocycles. The number of carbonyl (C=O) groups is 4. The molecule has 0 unspecified atom stereocenters. The van der Waals surface area contributed by atoms with E-state index in [-0.39, 0.29) is 31.0 Å². The molecule has 50 heavy (non-hydrogen) atoms. The SMILES string of the molecule is Nc1ccc(S(=O)(=O)c2ccc(NC(=O)c3cc(C(=O)O)c(C(=O)Nc4ccc(S(=O)(=O)c5ccc(N)cc5)cc4)cc3C(=O)O)cc2)cc1. The molecule has 16 heteroatoms. The smallest absolute Gasteiger partial charge is 0.336 e. The van der Waals surface area contributed by atoms with E-state index in [0.29, 0.717) is 11.4 Å². The van der Waals surface area contributed by atoms with Crippen LogP contribution in [0.2, 0.25) is 0 Å². The highest BCUT2D eigenvalue weighted by atomic mass is 32.2. The number of carboxylic acid groups (broad SMARTS) is 2. The summed E-state index contributed by atoms with van der Waals surface area (Å²) in [4.78, 5) is 50.5. The fraction of sp³-hybridized carbons (Fsp3) is 0. The van der Waals surface area contributed by atoms with Crippen LogP contribution in [0, 0.1) is 0 Å². The summed E-state index contributed by atoms with van der Waals surface area (Å²) >= 11 is 0. The van der Waals surface area contributed by atoms with Gasteiger partial charge in [-0.2, -0.15) is 0 Å². The average Bonchev–Trinajstić information content (AvgIpc) is 3.08. The summed E-state index contributed by atoms with van der Waals surface area (Å²) < 4.78 is 51.7. The minimum Gasteiger partial charge on any atom is -0.478 e. The number of amides is 2. The van der Waals surface area contributed by atoms with E-state index in [0.717, 1.165) is 12.1 Å². The van der Waals surface area contributed by atoms with Crippen molar-refractivity contribution in [3.05, 3.63) is 131 Å². The van der Waals surface area contributed by atoms with Crippen molar-refractivity contribution in [3.63, 3.8) is 0 Å². The molecule has 2 amide bonds. The molecule has 0 aliphatic carbocycles. The third-order valence-electron chi connectivity index (χ3n) is 7.33. The standard InChI is InChI=1S/C34H26N4O10S2/c35-19-1-9-23(10-2-19)49(45,46)25-13-5-21(6-14-25)37-31(39)27-17-30(34(43)44)28(18-29(27)33(41)42)32(40)38-22-7-15-26(16-8-22)50(47,48)24-11-3-20(36)4-12-24/h1-18H,35-36H2,(H,37,39)(H,38,40)(H,41,42)(H,43,44). The number of aromatic carboxylic acids is 2. The molecule has 0 fully saturated rings.